The van der Waals surface area contributed by atoms with Crippen molar-refractivity contribution >= 4 is 17.3 Å². The van der Waals surface area contributed by atoms with E-state index in [0.29, 0.717) is 6.04 Å². The van der Waals surface area contributed by atoms with E-state index in [-0.39, 0.29) is 0 Å². The van der Waals surface area contributed by atoms with Gasteiger partial charge in [-0.15, -0.1) is 0 Å². The Bertz CT molecular complexity index is 613. The first-order valence-corrected chi connectivity index (χ1v) is 8.79. The topological polar surface area (TPSA) is 33.3 Å². The van der Waals surface area contributed by atoms with Gasteiger partial charge in [-0.3, -0.25) is 0 Å². The van der Waals surface area contributed by atoms with Crippen molar-refractivity contribution in [3.05, 3.63) is 65.7 Å². The van der Waals surface area contributed by atoms with Crippen LogP contribution in [0.3, 0.4) is 0 Å². The smallest absolute Gasteiger partial charge is 0.166 e. The molecule has 0 unspecified atom stereocenters. The summed E-state index contributed by atoms with van der Waals surface area (Å²) in [5.74, 6) is 0.885. The molecule has 0 aromatic heterocycles. The number of methoxy groups -OCH3 is 1. The van der Waals surface area contributed by atoms with E-state index in [4.69, 9.17) is 17.0 Å². The summed E-state index contributed by atoms with van der Waals surface area (Å²) < 4.78 is 5.16. The van der Waals surface area contributed by atoms with Gasteiger partial charge in [0.2, 0.25) is 0 Å². The predicted molar refractivity (Wildman–Crippen MR) is 105 cm³/mol. The van der Waals surface area contributed by atoms with Crippen molar-refractivity contribution in [2.75, 3.05) is 13.7 Å². The minimum Gasteiger partial charge on any atom is -0.497 e. The number of aryl methyl sites for hydroxylation is 1. The molecule has 0 amide bonds. The Morgan fingerprint density at radius 1 is 1.00 bits per heavy atom. The Balaban J connectivity index is 1.63. The summed E-state index contributed by atoms with van der Waals surface area (Å²) >= 11 is 5.37. The molecule has 2 aromatic rings. The Hall–Kier alpha value is -2.07. The zero-order valence-electron chi connectivity index (χ0n) is 14.4. The summed E-state index contributed by atoms with van der Waals surface area (Å²) in [7, 11) is 1.68. The van der Waals surface area contributed by atoms with Crippen molar-refractivity contribution in [3.63, 3.8) is 0 Å². The summed E-state index contributed by atoms with van der Waals surface area (Å²) in [6, 6.07) is 19.0. The maximum Gasteiger partial charge on any atom is 0.166 e. The van der Waals surface area contributed by atoms with Crippen molar-refractivity contribution in [2.45, 2.75) is 32.2 Å². The van der Waals surface area contributed by atoms with E-state index in [1.54, 1.807) is 7.11 Å². The van der Waals surface area contributed by atoms with Gasteiger partial charge in [-0.2, -0.15) is 0 Å². The van der Waals surface area contributed by atoms with Gasteiger partial charge in [0.15, 0.2) is 5.11 Å². The number of nitrogens with one attached hydrogen (secondary N) is 2. The Morgan fingerprint density at radius 2 is 1.67 bits per heavy atom. The average molecular weight is 343 g/mol. The van der Waals surface area contributed by atoms with Crippen molar-refractivity contribution in [1.29, 1.82) is 0 Å². The van der Waals surface area contributed by atoms with Gasteiger partial charge in [-0.1, -0.05) is 42.5 Å². The maximum absolute atomic E-state index is 5.37. The van der Waals surface area contributed by atoms with Gasteiger partial charge >= 0.3 is 0 Å². The van der Waals surface area contributed by atoms with E-state index in [1.165, 1.54) is 11.1 Å². The van der Waals surface area contributed by atoms with Gasteiger partial charge in [0, 0.05) is 12.6 Å². The molecule has 24 heavy (non-hydrogen) atoms. The number of thiocarbonyl (C=S) groups is 1. The molecule has 3 nitrogen and oxygen atoms in total. The van der Waals surface area contributed by atoms with Crippen molar-refractivity contribution in [3.8, 4) is 5.75 Å². The molecule has 0 aliphatic carbocycles. The molecule has 0 aliphatic rings. The lowest BCUT2D eigenvalue weighted by Gasteiger charge is -2.17. The lowest BCUT2D eigenvalue weighted by molar-refractivity contribution is 0.414. The number of benzene rings is 2. The first-order valence-electron chi connectivity index (χ1n) is 8.38. The van der Waals surface area contributed by atoms with Crippen molar-refractivity contribution < 1.29 is 4.74 Å². The van der Waals surface area contributed by atoms with Crippen LogP contribution in [0.4, 0.5) is 0 Å². The first kappa shape index (κ1) is 18.3. The maximum atomic E-state index is 5.37. The fourth-order valence-corrected chi connectivity index (χ4v) is 2.79. The fraction of sp³-hybridized carbons (Fsp3) is 0.350. The van der Waals surface area contributed by atoms with E-state index in [1.807, 2.05) is 18.2 Å². The second-order valence-electron chi connectivity index (χ2n) is 5.92. The average Bonchev–Trinajstić information content (AvgIpc) is 2.61. The molecular formula is C20H26N2OS. The number of hydrogen-bond acceptors (Lipinski definition) is 2. The summed E-state index contributed by atoms with van der Waals surface area (Å²) in [6.07, 6.45) is 3.05. The summed E-state index contributed by atoms with van der Waals surface area (Å²) in [5.41, 5.74) is 2.63. The molecular weight excluding hydrogens is 316 g/mol. The van der Waals surface area contributed by atoms with Gasteiger partial charge in [0.1, 0.15) is 5.75 Å². The quantitative estimate of drug-likeness (QED) is 0.716. The molecule has 4 heteroatoms. The van der Waals surface area contributed by atoms with Gasteiger partial charge in [0.25, 0.3) is 0 Å². The minimum absolute atomic E-state index is 0.353. The Kier molecular flexibility index (Phi) is 7.56. The predicted octanol–water partition coefficient (Wildman–Crippen LogP) is 3.72. The third kappa shape index (κ3) is 6.59. The van der Waals surface area contributed by atoms with Crippen LogP contribution in [0.1, 0.15) is 24.5 Å². The molecule has 0 saturated carbocycles. The van der Waals surface area contributed by atoms with Crippen LogP contribution in [-0.4, -0.2) is 24.8 Å². The molecule has 0 spiro atoms. The molecule has 0 aliphatic heterocycles. The van der Waals surface area contributed by atoms with Gasteiger partial charge in [-0.05, 0) is 61.7 Å². The second kappa shape index (κ2) is 9.93. The molecule has 1 atom stereocenters. The van der Waals surface area contributed by atoms with E-state index in [9.17, 15) is 0 Å². The molecule has 0 heterocycles. The van der Waals surface area contributed by atoms with Crippen molar-refractivity contribution in [1.82, 2.24) is 10.6 Å². The van der Waals surface area contributed by atoms with Crippen LogP contribution in [0, 0.1) is 0 Å². The van der Waals surface area contributed by atoms with E-state index < -0.39 is 0 Å². The van der Waals surface area contributed by atoms with Crippen LogP contribution >= 0.6 is 12.2 Å². The number of hydrogen-bond donors (Lipinski definition) is 2. The monoisotopic (exact) mass is 342 g/mol. The standard InChI is InChI=1S/C20H26N2OS/c1-16(8-9-17-6-4-3-5-7-17)22-20(24)21-15-14-18-10-12-19(23-2)13-11-18/h3-7,10-13,16H,8-9,14-15H2,1-2H3,(H2,21,22,24)/t16-/m0/s1. The zero-order chi connectivity index (χ0) is 17.2. The highest BCUT2D eigenvalue weighted by Gasteiger charge is 2.04. The normalized spacial score (nSPS) is 11.6. The summed E-state index contributed by atoms with van der Waals surface area (Å²) in [4.78, 5) is 0. The third-order valence-electron chi connectivity index (χ3n) is 3.94. The summed E-state index contributed by atoms with van der Waals surface area (Å²) in [6.45, 7) is 2.99. The summed E-state index contributed by atoms with van der Waals surface area (Å²) in [5, 5.41) is 7.36. The molecule has 2 N–H and O–H groups in total. The van der Waals surface area contributed by atoms with E-state index in [0.717, 1.165) is 36.7 Å². The molecule has 0 radical (unpaired) electrons. The van der Waals surface area contributed by atoms with Crippen LogP contribution in [0.5, 0.6) is 5.75 Å². The van der Waals surface area contributed by atoms with Crippen LogP contribution in [0.2, 0.25) is 0 Å². The zero-order valence-corrected chi connectivity index (χ0v) is 15.2. The first-order chi connectivity index (χ1) is 11.7. The van der Waals surface area contributed by atoms with Gasteiger partial charge in [-0.25, -0.2) is 0 Å². The van der Waals surface area contributed by atoms with Gasteiger partial charge < -0.3 is 15.4 Å². The number of rotatable bonds is 8. The molecule has 128 valence electrons. The van der Waals surface area contributed by atoms with Crippen LogP contribution in [0.15, 0.2) is 54.6 Å². The second-order valence-corrected chi connectivity index (χ2v) is 6.33. The lowest BCUT2D eigenvalue weighted by Crippen LogP contribution is -2.41. The SMILES string of the molecule is COc1ccc(CCNC(=S)N[C@@H](C)CCc2ccccc2)cc1. The third-order valence-corrected chi connectivity index (χ3v) is 4.21. The van der Waals surface area contributed by atoms with Crippen LogP contribution < -0.4 is 15.4 Å². The van der Waals surface area contributed by atoms with Crippen LogP contribution in [0.25, 0.3) is 0 Å². The van der Waals surface area contributed by atoms with E-state index in [2.05, 4.69) is 54.0 Å². The van der Waals surface area contributed by atoms with Gasteiger partial charge in [0.05, 0.1) is 7.11 Å². The largest absolute Gasteiger partial charge is 0.497 e. The Morgan fingerprint density at radius 3 is 2.33 bits per heavy atom. The fourth-order valence-electron chi connectivity index (χ4n) is 2.49. The molecule has 0 saturated heterocycles. The molecule has 2 aromatic carbocycles. The highest BCUT2D eigenvalue weighted by atomic mass is 32.1. The van der Waals surface area contributed by atoms with E-state index >= 15 is 0 Å². The van der Waals surface area contributed by atoms with Crippen LogP contribution in [-0.2, 0) is 12.8 Å². The highest BCUT2D eigenvalue weighted by molar-refractivity contribution is 7.80. The Labute approximate surface area is 150 Å². The highest BCUT2D eigenvalue weighted by Crippen LogP contribution is 2.11. The number of ether oxygens (including phenoxy) is 1. The molecule has 2 rings (SSSR count). The lowest BCUT2D eigenvalue weighted by atomic mass is 10.1. The van der Waals surface area contributed by atoms with Crippen molar-refractivity contribution in [2.24, 2.45) is 0 Å². The molecule has 0 bridgehead atoms. The molecule has 0 fully saturated rings. The minimum atomic E-state index is 0.353.